The number of rotatable bonds is 6. The Hall–Kier alpha value is -4.70. The van der Waals surface area contributed by atoms with Crippen LogP contribution in [-0.2, 0) is 0 Å². The van der Waals surface area contributed by atoms with Gasteiger partial charge in [0.2, 0.25) is 0 Å². The SMILES string of the molecule is Nc1ccc(Oc2ccccc2-c2ccccc2-c2ccccc2Oc2cccc(N)c2)cc1. The Morgan fingerprint density at radius 3 is 1.44 bits per heavy atom. The quantitative estimate of drug-likeness (QED) is 0.262. The third-order valence-corrected chi connectivity index (χ3v) is 5.48. The smallest absolute Gasteiger partial charge is 0.135 e. The number of nitrogen functional groups attached to an aromatic ring is 2. The second-order valence-corrected chi connectivity index (χ2v) is 7.88. The number of nitrogens with two attached hydrogens (primary N) is 2. The van der Waals surface area contributed by atoms with Crippen LogP contribution in [0.3, 0.4) is 0 Å². The van der Waals surface area contributed by atoms with E-state index in [2.05, 4.69) is 24.3 Å². The fourth-order valence-corrected chi connectivity index (χ4v) is 3.88. The fourth-order valence-electron chi connectivity index (χ4n) is 3.88. The van der Waals surface area contributed by atoms with E-state index >= 15 is 0 Å². The van der Waals surface area contributed by atoms with Gasteiger partial charge in [-0.1, -0.05) is 66.7 Å². The monoisotopic (exact) mass is 444 g/mol. The van der Waals surface area contributed by atoms with Crippen LogP contribution >= 0.6 is 0 Å². The Kier molecular flexibility index (Phi) is 5.87. The average molecular weight is 445 g/mol. The van der Waals surface area contributed by atoms with Crippen LogP contribution < -0.4 is 20.9 Å². The summed E-state index contributed by atoms with van der Waals surface area (Å²) in [6.07, 6.45) is 0. The normalized spacial score (nSPS) is 10.6. The summed E-state index contributed by atoms with van der Waals surface area (Å²) < 4.78 is 12.5. The maximum Gasteiger partial charge on any atom is 0.135 e. The zero-order chi connectivity index (χ0) is 23.3. The van der Waals surface area contributed by atoms with Gasteiger partial charge in [0.15, 0.2) is 0 Å². The highest BCUT2D eigenvalue weighted by Crippen LogP contribution is 2.42. The molecule has 5 aromatic carbocycles. The van der Waals surface area contributed by atoms with E-state index in [1.54, 1.807) is 0 Å². The van der Waals surface area contributed by atoms with Crippen LogP contribution in [0.15, 0.2) is 121 Å². The molecular weight excluding hydrogens is 420 g/mol. The van der Waals surface area contributed by atoms with Crippen molar-refractivity contribution < 1.29 is 9.47 Å². The molecule has 0 saturated carbocycles. The summed E-state index contributed by atoms with van der Waals surface area (Å²) in [7, 11) is 0. The van der Waals surface area contributed by atoms with Crippen molar-refractivity contribution in [2.75, 3.05) is 11.5 Å². The Morgan fingerprint density at radius 2 is 0.882 bits per heavy atom. The molecule has 0 heterocycles. The van der Waals surface area contributed by atoms with E-state index in [0.717, 1.165) is 39.5 Å². The van der Waals surface area contributed by atoms with Crippen LogP contribution in [0, 0.1) is 0 Å². The third-order valence-electron chi connectivity index (χ3n) is 5.48. The van der Waals surface area contributed by atoms with Gasteiger partial charge in [-0.3, -0.25) is 0 Å². The van der Waals surface area contributed by atoms with Crippen LogP contribution in [0.4, 0.5) is 11.4 Å². The van der Waals surface area contributed by atoms with Gasteiger partial charge in [0.05, 0.1) is 0 Å². The minimum atomic E-state index is 0.657. The third kappa shape index (κ3) is 4.57. The van der Waals surface area contributed by atoms with Gasteiger partial charge in [-0.25, -0.2) is 0 Å². The first-order chi connectivity index (χ1) is 16.7. The lowest BCUT2D eigenvalue weighted by atomic mass is 9.93. The van der Waals surface area contributed by atoms with Gasteiger partial charge < -0.3 is 20.9 Å². The van der Waals surface area contributed by atoms with Gasteiger partial charge in [0.25, 0.3) is 0 Å². The van der Waals surface area contributed by atoms with Gasteiger partial charge in [-0.05, 0) is 59.7 Å². The minimum absolute atomic E-state index is 0.657. The van der Waals surface area contributed by atoms with Crippen molar-refractivity contribution in [1.29, 1.82) is 0 Å². The van der Waals surface area contributed by atoms with Crippen molar-refractivity contribution in [3.63, 3.8) is 0 Å². The Bertz CT molecular complexity index is 1430. The molecule has 0 unspecified atom stereocenters. The number of benzene rings is 5. The molecule has 4 heteroatoms. The molecule has 0 aliphatic heterocycles. The second-order valence-electron chi connectivity index (χ2n) is 7.88. The van der Waals surface area contributed by atoms with Crippen molar-refractivity contribution in [2.24, 2.45) is 0 Å². The number of ether oxygens (including phenoxy) is 2. The van der Waals surface area contributed by atoms with Crippen molar-refractivity contribution in [2.45, 2.75) is 0 Å². The van der Waals surface area contributed by atoms with Crippen LogP contribution in [0.2, 0.25) is 0 Å². The first kappa shape index (κ1) is 21.2. The second kappa shape index (κ2) is 9.43. The number of anilines is 2. The minimum Gasteiger partial charge on any atom is -0.457 e. The van der Waals surface area contributed by atoms with E-state index in [1.165, 1.54) is 0 Å². The molecule has 0 amide bonds. The zero-order valence-electron chi connectivity index (χ0n) is 18.5. The van der Waals surface area contributed by atoms with Crippen molar-refractivity contribution in [1.82, 2.24) is 0 Å². The standard InChI is InChI=1S/C30H24N2O2/c31-21-16-18-23(19-17-21)33-29-14-5-3-12-27(29)25-10-1-2-11-26(25)28-13-4-6-15-30(28)34-24-9-7-8-22(32)20-24/h1-20H,31-32H2. The summed E-state index contributed by atoms with van der Waals surface area (Å²) in [6.45, 7) is 0. The lowest BCUT2D eigenvalue weighted by Crippen LogP contribution is -1.93. The van der Waals surface area contributed by atoms with E-state index in [4.69, 9.17) is 20.9 Å². The van der Waals surface area contributed by atoms with E-state index in [1.807, 2.05) is 97.1 Å². The topological polar surface area (TPSA) is 70.5 Å². The van der Waals surface area contributed by atoms with Gasteiger partial charge in [-0.2, -0.15) is 0 Å². The Balaban J connectivity index is 1.57. The molecule has 34 heavy (non-hydrogen) atoms. The molecule has 0 radical (unpaired) electrons. The maximum atomic E-state index is 6.25. The van der Waals surface area contributed by atoms with Crippen LogP contribution in [-0.4, -0.2) is 0 Å². The molecule has 0 bridgehead atoms. The molecule has 0 saturated heterocycles. The van der Waals surface area contributed by atoms with Gasteiger partial charge in [0, 0.05) is 28.6 Å². The number of hydrogen-bond acceptors (Lipinski definition) is 4. The van der Waals surface area contributed by atoms with E-state index in [0.29, 0.717) is 17.1 Å². The summed E-state index contributed by atoms with van der Waals surface area (Å²) in [6, 6.07) is 39.1. The number of hydrogen-bond donors (Lipinski definition) is 2. The van der Waals surface area contributed by atoms with E-state index in [9.17, 15) is 0 Å². The van der Waals surface area contributed by atoms with Crippen molar-refractivity contribution in [3.8, 4) is 45.3 Å². The molecule has 0 aliphatic rings. The average Bonchev–Trinajstić information content (AvgIpc) is 2.86. The van der Waals surface area contributed by atoms with Crippen LogP contribution in [0.5, 0.6) is 23.0 Å². The van der Waals surface area contributed by atoms with Crippen molar-refractivity contribution in [3.05, 3.63) is 121 Å². The molecule has 0 aliphatic carbocycles. The largest absolute Gasteiger partial charge is 0.457 e. The fraction of sp³-hybridized carbons (Fsp3) is 0. The molecule has 166 valence electrons. The molecule has 0 fully saturated rings. The maximum absolute atomic E-state index is 6.25. The van der Waals surface area contributed by atoms with E-state index in [-0.39, 0.29) is 0 Å². The summed E-state index contributed by atoms with van der Waals surface area (Å²) in [5.41, 5.74) is 17.2. The predicted molar refractivity (Wildman–Crippen MR) is 139 cm³/mol. The van der Waals surface area contributed by atoms with Gasteiger partial charge in [0.1, 0.15) is 23.0 Å². The summed E-state index contributed by atoms with van der Waals surface area (Å²) in [5, 5.41) is 0. The Labute approximate surface area is 199 Å². The summed E-state index contributed by atoms with van der Waals surface area (Å²) in [5.74, 6) is 2.92. The van der Waals surface area contributed by atoms with E-state index < -0.39 is 0 Å². The molecule has 0 aromatic heterocycles. The first-order valence-corrected chi connectivity index (χ1v) is 11.0. The van der Waals surface area contributed by atoms with Crippen molar-refractivity contribution >= 4 is 11.4 Å². The van der Waals surface area contributed by atoms with Crippen LogP contribution in [0.25, 0.3) is 22.3 Å². The lowest BCUT2D eigenvalue weighted by molar-refractivity contribution is 0.484. The lowest BCUT2D eigenvalue weighted by Gasteiger charge is -2.17. The van der Waals surface area contributed by atoms with Gasteiger partial charge >= 0.3 is 0 Å². The highest BCUT2D eigenvalue weighted by atomic mass is 16.5. The number of para-hydroxylation sites is 2. The zero-order valence-corrected chi connectivity index (χ0v) is 18.5. The molecule has 0 spiro atoms. The molecule has 0 atom stereocenters. The van der Waals surface area contributed by atoms with Crippen LogP contribution in [0.1, 0.15) is 0 Å². The highest BCUT2D eigenvalue weighted by Gasteiger charge is 2.15. The predicted octanol–water partition coefficient (Wildman–Crippen LogP) is 7.77. The molecular formula is C30H24N2O2. The van der Waals surface area contributed by atoms with Gasteiger partial charge in [-0.15, -0.1) is 0 Å². The highest BCUT2D eigenvalue weighted by molar-refractivity contribution is 5.88. The summed E-state index contributed by atoms with van der Waals surface area (Å²) in [4.78, 5) is 0. The molecule has 5 rings (SSSR count). The molecule has 5 aromatic rings. The Morgan fingerprint density at radius 1 is 0.382 bits per heavy atom. The summed E-state index contributed by atoms with van der Waals surface area (Å²) >= 11 is 0. The first-order valence-electron chi connectivity index (χ1n) is 11.0. The molecule has 4 nitrogen and oxygen atoms in total. The molecule has 4 N–H and O–H groups in total.